The molecule has 0 atom stereocenters. The van der Waals surface area contributed by atoms with E-state index in [1.165, 1.54) is 109 Å². The molecule has 0 aromatic rings. The average Bonchev–Trinajstić information content (AvgIpc) is 3.75. The van der Waals surface area contributed by atoms with E-state index in [0.717, 1.165) is 30.6 Å². The van der Waals surface area contributed by atoms with Crippen LogP contribution in [-0.2, 0) is 43.7 Å². The van der Waals surface area contributed by atoms with E-state index in [4.69, 9.17) is 37.2 Å². The van der Waals surface area contributed by atoms with Crippen LogP contribution in [0.5, 0.6) is 0 Å². The van der Waals surface area contributed by atoms with Crippen LogP contribution in [0, 0.1) is 63.7 Å². The van der Waals surface area contributed by atoms with Crippen LogP contribution in [-0.4, -0.2) is 11.6 Å². The van der Waals surface area contributed by atoms with Crippen LogP contribution in [0.2, 0.25) is 0 Å². The SMILES string of the molecule is C1CCCC1.CC(=O)CC(C)(C)C1CCCC1.CC(=O)CC(C)(C)C1CCCC1.CC(C)(C)C1CCCC1.[CH3-].[CH3-].[CH3-].[CH3-].[Cl][Ti][Cl].[Cl][Ti][Cl]. The summed E-state index contributed by atoms with van der Waals surface area (Å²) in [5, 5.41) is 0. The second kappa shape index (κ2) is 35.9. The number of rotatable bonds is 6. The van der Waals surface area contributed by atoms with E-state index in [-0.39, 0.29) is 40.5 Å². The van der Waals surface area contributed by atoms with Gasteiger partial charge in [0.1, 0.15) is 11.6 Å². The molecule has 8 heteroatoms. The predicted molar refractivity (Wildman–Crippen MR) is 216 cm³/mol. The molecule has 0 aromatic heterocycles. The zero-order valence-corrected chi connectivity index (χ0v) is 40.1. The van der Waals surface area contributed by atoms with Crippen LogP contribution < -0.4 is 0 Å². The first-order chi connectivity index (χ1) is 20.5. The van der Waals surface area contributed by atoms with Gasteiger partial charge in [-0.25, -0.2) is 0 Å². The van der Waals surface area contributed by atoms with Crippen LogP contribution in [0.4, 0.5) is 0 Å². The van der Waals surface area contributed by atoms with Crippen molar-refractivity contribution < 1.29 is 43.7 Å². The maximum atomic E-state index is 11.0. The van der Waals surface area contributed by atoms with Gasteiger partial charge in [0.15, 0.2) is 0 Å². The molecule has 0 spiro atoms. The predicted octanol–water partition coefficient (Wildman–Crippen LogP) is 16.1. The minimum atomic E-state index is -0.556. The molecule has 48 heavy (non-hydrogen) atoms. The van der Waals surface area contributed by atoms with Gasteiger partial charge in [0.05, 0.1) is 0 Å². The number of hydrogen-bond donors (Lipinski definition) is 0. The summed E-state index contributed by atoms with van der Waals surface area (Å²) in [5.41, 5.74) is 1.08. The van der Waals surface area contributed by atoms with Gasteiger partial charge in [-0.15, -0.1) is 0 Å². The van der Waals surface area contributed by atoms with E-state index >= 15 is 0 Å². The molecule has 0 heterocycles. The number of halogens is 4. The number of ketones is 2. The summed E-state index contributed by atoms with van der Waals surface area (Å²) in [6.45, 7) is 19.5. The van der Waals surface area contributed by atoms with Crippen molar-refractivity contribution in [2.75, 3.05) is 0 Å². The summed E-state index contributed by atoms with van der Waals surface area (Å²) in [7, 11) is 19.6. The van der Waals surface area contributed by atoms with Gasteiger partial charge in [-0.05, 0) is 86.4 Å². The summed E-state index contributed by atoms with van der Waals surface area (Å²) >= 11 is -1.11. The van der Waals surface area contributed by atoms with Crippen molar-refractivity contribution in [1.29, 1.82) is 0 Å². The Morgan fingerprint density at radius 1 is 0.458 bits per heavy atom. The molecule has 2 nitrogen and oxygen atoms in total. The van der Waals surface area contributed by atoms with E-state index in [2.05, 4.69) is 48.5 Å². The van der Waals surface area contributed by atoms with E-state index < -0.39 is 34.1 Å². The third-order valence-corrected chi connectivity index (χ3v) is 10.2. The Kier molecular flexibility index (Phi) is 46.4. The molecule has 0 aliphatic heterocycles. The summed E-state index contributed by atoms with van der Waals surface area (Å²) in [6.07, 6.45) is 25.7. The molecule has 4 aliphatic carbocycles. The van der Waals surface area contributed by atoms with Gasteiger partial charge in [0, 0.05) is 12.8 Å². The molecule has 0 N–H and O–H groups in total. The Hall–Kier alpha value is 1.93. The second-order valence-corrected chi connectivity index (χ2v) is 21.1. The van der Waals surface area contributed by atoms with Gasteiger partial charge in [-0.1, -0.05) is 119 Å². The van der Waals surface area contributed by atoms with Crippen molar-refractivity contribution >= 4 is 48.8 Å². The van der Waals surface area contributed by atoms with Gasteiger partial charge in [0.2, 0.25) is 0 Å². The molecule has 0 radical (unpaired) electrons. The zero-order chi connectivity index (χ0) is 34.2. The van der Waals surface area contributed by atoms with Crippen LogP contribution in [0.3, 0.4) is 0 Å². The van der Waals surface area contributed by atoms with Crippen LogP contribution >= 0.6 is 37.2 Å². The zero-order valence-electron chi connectivity index (χ0n) is 34.0. The third-order valence-electron chi connectivity index (χ3n) is 10.2. The molecule has 292 valence electrons. The molecule has 0 amide bonds. The summed E-state index contributed by atoms with van der Waals surface area (Å²) in [4.78, 5) is 22.0. The van der Waals surface area contributed by atoms with E-state index in [1.807, 2.05) is 0 Å². The van der Waals surface area contributed by atoms with Crippen molar-refractivity contribution in [3.05, 3.63) is 29.7 Å². The Morgan fingerprint density at radius 2 is 0.646 bits per heavy atom. The maximum absolute atomic E-state index is 11.0. The van der Waals surface area contributed by atoms with Gasteiger partial charge >= 0.3 is 71.3 Å². The fourth-order valence-electron chi connectivity index (χ4n) is 7.66. The Balaban J connectivity index is -0.000000116. The van der Waals surface area contributed by atoms with Crippen molar-refractivity contribution in [3.8, 4) is 0 Å². The van der Waals surface area contributed by atoms with E-state index in [1.54, 1.807) is 13.8 Å². The molecule has 4 rings (SSSR count). The van der Waals surface area contributed by atoms with Gasteiger partial charge in [0.25, 0.3) is 0 Å². The minimum absolute atomic E-state index is 0. The van der Waals surface area contributed by atoms with Gasteiger partial charge in [-0.2, -0.15) is 0 Å². The number of hydrogen-bond acceptors (Lipinski definition) is 2. The monoisotopic (exact) mass is 828 g/mol. The Bertz CT molecular complexity index is 655. The first kappa shape index (κ1) is 61.9. The quantitative estimate of drug-likeness (QED) is 0.197. The van der Waals surface area contributed by atoms with E-state index in [0.29, 0.717) is 17.0 Å². The van der Waals surface area contributed by atoms with Crippen LogP contribution in [0.15, 0.2) is 0 Å². The van der Waals surface area contributed by atoms with Gasteiger partial charge in [-0.3, -0.25) is 0 Å². The van der Waals surface area contributed by atoms with Crippen molar-refractivity contribution in [1.82, 2.24) is 0 Å². The topological polar surface area (TPSA) is 34.1 Å². The molecule has 0 aromatic carbocycles. The third kappa shape index (κ3) is 33.7. The molecule has 4 fully saturated rings. The number of carbonyl (C=O) groups excluding carboxylic acids is 2. The summed E-state index contributed by atoms with van der Waals surface area (Å²) in [6, 6.07) is 0. The fourth-order valence-corrected chi connectivity index (χ4v) is 7.66. The molecular weight excluding hydrogens is 750 g/mol. The number of carbonyl (C=O) groups is 2. The normalized spacial score (nSPS) is 17.4. The Morgan fingerprint density at radius 3 is 0.792 bits per heavy atom. The first-order valence-electron chi connectivity index (χ1n) is 17.4. The van der Waals surface area contributed by atoms with Crippen molar-refractivity contribution in [2.45, 2.75) is 184 Å². The standard InChI is InChI=1S/2C11H20O.C9H18.C5H10.4CH3.4ClH.2Ti/c2*1-9(12)8-11(2,3)10-6-4-5-7-10;1-9(2,3)8-6-4-5-7-8;1-2-4-5-3-1;;;;;;;;;;/h2*10H,4-8H2,1-3H3;8H,4-7H2,1-3H3;1-5H2;4*1H3;4*1H;;/q;;;;4*-1;;;;;2*+2/p-4. The van der Waals surface area contributed by atoms with Crippen LogP contribution in [0.25, 0.3) is 0 Å². The van der Waals surface area contributed by atoms with Crippen LogP contribution in [0.1, 0.15) is 184 Å². The van der Waals surface area contributed by atoms with Crippen molar-refractivity contribution in [2.24, 2.45) is 34.0 Å². The molecule has 0 saturated heterocycles. The second-order valence-electron chi connectivity index (χ2n) is 16.0. The fraction of sp³-hybridized carbons (Fsp3) is 0.850. The molecule has 0 bridgehead atoms. The Labute approximate surface area is 337 Å². The summed E-state index contributed by atoms with van der Waals surface area (Å²) < 4.78 is 0. The molecule has 4 aliphatic rings. The molecule has 0 unspecified atom stereocenters. The molecule has 4 saturated carbocycles. The molecular formula is C40H80Cl4O2Ti2-4. The summed E-state index contributed by atoms with van der Waals surface area (Å²) in [5.74, 6) is 3.28. The van der Waals surface area contributed by atoms with Crippen molar-refractivity contribution in [3.63, 3.8) is 0 Å². The number of Topliss-reactive ketones (excluding diaryl/α,β-unsaturated/α-hetero) is 2. The average molecular weight is 831 g/mol. The van der Waals surface area contributed by atoms with E-state index in [9.17, 15) is 9.59 Å². The van der Waals surface area contributed by atoms with Gasteiger partial charge < -0.3 is 39.3 Å². The first-order valence-corrected chi connectivity index (χ1v) is 26.0.